The second kappa shape index (κ2) is 10.8. The number of anilines is 1. The van der Waals surface area contributed by atoms with E-state index in [2.05, 4.69) is 34.2 Å². The largest absolute Gasteiger partial charge is 0.491 e. The Balaban J connectivity index is 1.43. The van der Waals surface area contributed by atoms with Gasteiger partial charge in [-0.15, -0.1) is 10.2 Å². The highest BCUT2D eigenvalue weighted by Crippen LogP contribution is 2.28. The van der Waals surface area contributed by atoms with Gasteiger partial charge < -0.3 is 19.5 Å². The van der Waals surface area contributed by atoms with Crippen molar-refractivity contribution in [2.45, 2.75) is 25.1 Å². The Labute approximate surface area is 197 Å². The number of carbonyl (C=O) groups is 1. The number of aromatic nitrogens is 3. The number of aliphatic hydroxyl groups is 1. The SMILES string of the molecule is CC(=O)c1ccc(OCC(O)CSc2nnc(N3CCOCC3)n2-c2cccc(C)c2)cc1. The van der Waals surface area contributed by atoms with Gasteiger partial charge in [-0.1, -0.05) is 23.9 Å². The predicted molar refractivity (Wildman–Crippen MR) is 128 cm³/mol. The van der Waals surface area contributed by atoms with Gasteiger partial charge in [-0.05, 0) is 55.8 Å². The van der Waals surface area contributed by atoms with Crippen molar-refractivity contribution < 1.29 is 19.4 Å². The third-order valence-electron chi connectivity index (χ3n) is 5.28. The molecule has 2 heterocycles. The molecule has 1 aliphatic heterocycles. The van der Waals surface area contributed by atoms with Crippen LogP contribution >= 0.6 is 11.8 Å². The van der Waals surface area contributed by atoms with Gasteiger partial charge in [-0.2, -0.15) is 0 Å². The first-order valence-corrected chi connectivity index (χ1v) is 11.9. The van der Waals surface area contributed by atoms with E-state index >= 15 is 0 Å². The number of ketones is 1. The van der Waals surface area contributed by atoms with Crippen molar-refractivity contribution in [2.24, 2.45) is 0 Å². The average Bonchev–Trinajstić information content (AvgIpc) is 3.26. The number of hydrogen-bond donors (Lipinski definition) is 1. The smallest absolute Gasteiger partial charge is 0.232 e. The fourth-order valence-corrected chi connectivity index (χ4v) is 4.37. The lowest BCUT2D eigenvalue weighted by atomic mass is 10.1. The molecule has 174 valence electrons. The summed E-state index contributed by atoms with van der Waals surface area (Å²) < 4.78 is 13.2. The monoisotopic (exact) mass is 468 g/mol. The Kier molecular flexibility index (Phi) is 7.64. The Morgan fingerprint density at radius 1 is 1.18 bits per heavy atom. The molecule has 1 aliphatic rings. The summed E-state index contributed by atoms with van der Waals surface area (Å²) in [4.78, 5) is 13.6. The average molecular weight is 469 g/mol. The fraction of sp³-hybridized carbons (Fsp3) is 0.375. The van der Waals surface area contributed by atoms with Crippen molar-refractivity contribution in [3.05, 3.63) is 59.7 Å². The summed E-state index contributed by atoms with van der Waals surface area (Å²) in [5, 5.41) is 20.1. The molecule has 0 spiro atoms. The van der Waals surface area contributed by atoms with Crippen molar-refractivity contribution in [1.29, 1.82) is 0 Å². The number of rotatable bonds is 9. The van der Waals surface area contributed by atoms with Crippen LogP contribution in [-0.4, -0.2) is 70.4 Å². The quantitative estimate of drug-likeness (QED) is 0.378. The number of ether oxygens (including phenoxy) is 2. The van der Waals surface area contributed by atoms with Crippen LogP contribution in [0.3, 0.4) is 0 Å². The number of benzene rings is 2. The molecule has 1 aromatic heterocycles. The van der Waals surface area contributed by atoms with Crippen LogP contribution in [0.25, 0.3) is 5.69 Å². The first-order valence-electron chi connectivity index (χ1n) is 10.9. The lowest BCUT2D eigenvalue weighted by Crippen LogP contribution is -2.37. The van der Waals surface area contributed by atoms with Crippen LogP contribution in [0, 0.1) is 6.92 Å². The van der Waals surface area contributed by atoms with Crippen LogP contribution in [0.4, 0.5) is 5.95 Å². The summed E-state index contributed by atoms with van der Waals surface area (Å²) in [6, 6.07) is 15.1. The molecule has 1 fully saturated rings. The number of thioether (sulfide) groups is 1. The molecule has 33 heavy (non-hydrogen) atoms. The van der Waals surface area contributed by atoms with Gasteiger partial charge in [0, 0.05) is 24.4 Å². The zero-order valence-electron chi connectivity index (χ0n) is 18.8. The molecule has 0 aliphatic carbocycles. The number of aliphatic hydroxyl groups excluding tert-OH is 1. The first-order chi connectivity index (χ1) is 16.0. The van der Waals surface area contributed by atoms with E-state index in [1.165, 1.54) is 18.7 Å². The lowest BCUT2D eigenvalue weighted by Gasteiger charge is -2.28. The number of carbonyl (C=O) groups excluding carboxylic acids is 1. The van der Waals surface area contributed by atoms with Gasteiger partial charge in [0.15, 0.2) is 10.9 Å². The molecule has 0 radical (unpaired) electrons. The highest BCUT2D eigenvalue weighted by Gasteiger charge is 2.22. The van der Waals surface area contributed by atoms with Gasteiger partial charge in [0.2, 0.25) is 5.95 Å². The zero-order chi connectivity index (χ0) is 23.2. The van der Waals surface area contributed by atoms with Gasteiger partial charge in [-0.3, -0.25) is 9.36 Å². The molecule has 1 unspecified atom stereocenters. The van der Waals surface area contributed by atoms with E-state index < -0.39 is 6.10 Å². The maximum atomic E-state index is 11.4. The highest BCUT2D eigenvalue weighted by molar-refractivity contribution is 7.99. The van der Waals surface area contributed by atoms with Crippen molar-refractivity contribution in [3.63, 3.8) is 0 Å². The summed E-state index contributed by atoms with van der Waals surface area (Å²) in [5.41, 5.74) is 2.76. The molecule has 4 rings (SSSR count). The normalized spacial score (nSPS) is 14.8. The molecule has 9 heteroatoms. The van der Waals surface area contributed by atoms with Crippen LogP contribution < -0.4 is 9.64 Å². The molecule has 1 saturated heterocycles. The van der Waals surface area contributed by atoms with E-state index in [1.54, 1.807) is 24.3 Å². The maximum Gasteiger partial charge on any atom is 0.232 e. The summed E-state index contributed by atoms with van der Waals surface area (Å²) in [5.74, 6) is 1.80. The van der Waals surface area contributed by atoms with E-state index in [0.717, 1.165) is 30.3 Å². The lowest BCUT2D eigenvalue weighted by molar-refractivity contribution is 0.101. The van der Waals surface area contributed by atoms with Crippen LogP contribution in [-0.2, 0) is 4.74 Å². The second-order valence-electron chi connectivity index (χ2n) is 7.91. The molecular weight excluding hydrogens is 440 g/mol. The Morgan fingerprint density at radius 2 is 1.94 bits per heavy atom. The third kappa shape index (κ3) is 5.93. The van der Waals surface area contributed by atoms with Crippen LogP contribution in [0.2, 0.25) is 0 Å². The minimum Gasteiger partial charge on any atom is -0.491 e. The molecule has 8 nitrogen and oxygen atoms in total. The fourth-order valence-electron chi connectivity index (χ4n) is 3.51. The van der Waals surface area contributed by atoms with E-state index in [4.69, 9.17) is 9.47 Å². The number of aryl methyl sites for hydroxylation is 1. The minimum atomic E-state index is -0.697. The molecule has 0 bridgehead atoms. The second-order valence-corrected chi connectivity index (χ2v) is 8.90. The van der Waals surface area contributed by atoms with Gasteiger partial charge >= 0.3 is 0 Å². The summed E-state index contributed by atoms with van der Waals surface area (Å²) in [6.45, 7) is 6.55. The van der Waals surface area contributed by atoms with Crippen molar-refractivity contribution in [3.8, 4) is 11.4 Å². The van der Waals surface area contributed by atoms with Crippen LogP contribution in [0.5, 0.6) is 5.75 Å². The van der Waals surface area contributed by atoms with E-state index in [9.17, 15) is 9.90 Å². The van der Waals surface area contributed by atoms with Crippen molar-refractivity contribution in [2.75, 3.05) is 43.6 Å². The summed E-state index contributed by atoms with van der Waals surface area (Å²) in [7, 11) is 0. The third-order valence-corrected chi connectivity index (χ3v) is 6.35. The van der Waals surface area contributed by atoms with Gasteiger partial charge in [-0.25, -0.2) is 0 Å². The molecule has 1 N–H and O–H groups in total. The van der Waals surface area contributed by atoms with Crippen molar-refractivity contribution >= 4 is 23.5 Å². The summed E-state index contributed by atoms with van der Waals surface area (Å²) in [6.07, 6.45) is -0.697. The standard InChI is InChI=1S/C24H28N4O4S/c1-17-4-3-5-20(14-17)28-23(27-10-12-31-13-11-27)25-26-24(28)33-16-21(30)15-32-22-8-6-19(7-9-22)18(2)29/h3-9,14,21,30H,10-13,15-16H2,1-2H3. The van der Waals surface area contributed by atoms with Crippen LogP contribution in [0.1, 0.15) is 22.8 Å². The Morgan fingerprint density at radius 3 is 2.64 bits per heavy atom. The first kappa shape index (κ1) is 23.3. The molecule has 3 aromatic rings. The summed E-state index contributed by atoms with van der Waals surface area (Å²) >= 11 is 1.44. The minimum absolute atomic E-state index is 0.00662. The Hall–Kier alpha value is -2.88. The molecule has 0 saturated carbocycles. The number of Topliss-reactive ketones (excluding diaryl/α,β-unsaturated/α-hetero) is 1. The number of nitrogens with zero attached hydrogens (tertiary/aromatic N) is 4. The molecule has 0 amide bonds. The molecule has 1 atom stereocenters. The van der Waals surface area contributed by atoms with E-state index in [-0.39, 0.29) is 12.4 Å². The Bertz CT molecular complexity index is 1080. The van der Waals surface area contributed by atoms with Gasteiger partial charge in [0.1, 0.15) is 12.4 Å². The molecular formula is C24H28N4O4S. The zero-order valence-corrected chi connectivity index (χ0v) is 19.6. The topological polar surface area (TPSA) is 89.7 Å². The van der Waals surface area contributed by atoms with E-state index in [0.29, 0.717) is 35.4 Å². The van der Waals surface area contributed by atoms with Crippen LogP contribution in [0.15, 0.2) is 53.7 Å². The van der Waals surface area contributed by atoms with Gasteiger partial charge in [0.05, 0.1) is 25.0 Å². The number of morpholine rings is 1. The van der Waals surface area contributed by atoms with Gasteiger partial charge in [0.25, 0.3) is 0 Å². The highest BCUT2D eigenvalue weighted by atomic mass is 32.2. The maximum absolute atomic E-state index is 11.4. The van der Waals surface area contributed by atoms with Crippen molar-refractivity contribution in [1.82, 2.24) is 14.8 Å². The predicted octanol–water partition coefficient (Wildman–Crippen LogP) is 3.15. The molecule has 2 aromatic carbocycles. The number of hydrogen-bond acceptors (Lipinski definition) is 8. The van der Waals surface area contributed by atoms with E-state index in [1.807, 2.05) is 16.7 Å².